The molecule has 0 N–H and O–H groups in total. The predicted octanol–water partition coefficient (Wildman–Crippen LogP) is 14.9. The highest BCUT2D eigenvalue weighted by atomic mass is 32.1. The number of thiophene rings is 1. The summed E-state index contributed by atoms with van der Waals surface area (Å²) in [5.74, 6) is 1.98. The summed E-state index contributed by atoms with van der Waals surface area (Å²) in [7, 11) is 0. The van der Waals surface area contributed by atoms with Gasteiger partial charge in [-0.05, 0) is 79.9 Å². The van der Waals surface area contributed by atoms with Crippen LogP contribution in [-0.2, 0) is 5.41 Å². The standard InChI is InChI=1S/C58H37N3S/c1-5-16-40(17-6-1)55-59-56(41-18-7-2-8-19-41)61-57(60-55)48-25-15-27-53-54(48)49-36-42(33-35-52(49)62-53)38-28-30-39(31-29-38)43-32-34-47-46-24-13-14-26-50(46)58(51(47)37-43,44-20-9-3-10-21-44)45-22-11-4-12-23-45/h1-37H. The molecule has 0 radical (unpaired) electrons. The maximum Gasteiger partial charge on any atom is 0.164 e. The average molecular weight is 808 g/mol. The molecule has 0 fully saturated rings. The van der Waals surface area contributed by atoms with Gasteiger partial charge in [0, 0.05) is 36.9 Å². The lowest BCUT2D eigenvalue weighted by Crippen LogP contribution is -2.28. The minimum Gasteiger partial charge on any atom is -0.208 e. The van der Waals surface area contributed by atoms with Gasteiger partial charge >= 0.3 is 0 Å². The van der Waals surface area contributed by atoms with Gasteiger partial charge in [-0.1, -0.05) is 200 Å². The van der Waals surface area contributed by atoms with Gasteiger partial charge in [-0.25, -0.2) is 15.0 Å². The molecule has 11 aromatic rings. The molecule has 0 saturated heterocycles. The van der Waals surface area contributed by atoms with Crippen LogP contribution in [-0.4, -0.2) is 15.0 Å². The summed E-state index contributed by atoms with van der Waals surface area (Å²) in [6.45, 7) is 0. The zero-order valence-corrected chi connectivity index (χ0v) is 34.4. The van der Waals surface area contributed by atoms with Gasteiger partial charge in [-0.2, -0.15) is 0 Å². The van der Waals surface area contributed by atoms with E-state index in [9.17, 15) is 0 Å². The summed E-state index contributed by atoms with van der Waals surface area (Å²) in [5, 5.41) is 2.36. The van der Waals surface area contributed by atoms with E-state index in [1.165, 1.54) is 70.4 Å². The monoisotopic (exact) mass is 807 g/mol. The molecular formula is C58H37N3S. The summed E-state index contributed by atoms with van der Waals surface area (Å²) in [5.41, 5.74) is 15.0. The third kappa shape index (κ3) is 5.83. The van der Waals surface area contributed by atoms with Crippen molar-refractivity contribution in [2.45, 2.75) is 5.41 Å². The fourth-order valence-corrected chi connectivity index (χ4v) is 10.7. The normalized spacial score (nSPS) is 12.6. The summed E-state index contributed by atoms with van der Waals surface area (Å²) in [6.07, 6.45) is 0. The SMILES string of the molecule is c1ccc(-c2nc(-c3ccccc3)nc(-c3cccc4sc5ccc(-c6ccc(-c7ccc8c(c7)C(c7ccccc7)(c7ccccc7)c7ccccc7-8)cc6)cc5c34)n2)cc1. The summed E-state index contributed by atoms with van der Waals surface area (Å²) < 4.78 is 2.43. The fraction of sp³-hybridized carbons (Fsp3) is 0.0172. The van der Waals surface area contributed by atoms with Crippen LogP contribution in [0.4, 0.5) is 0 Å². The van der Waals surface area contributed by atoms with Gasteiger partial charge in [-0.15, -0.1) is 11.3 Å². The van der Waals surface area contributed by atoms with Gasteiger partial charge < -0.3 is 0 Å². The number of aromatic nitrogens is 3. The van der Waals surface area contributed by atoms with Crippen molar-refractivity contribution in [2.75, 3.05) is 0 Å². The average Bonchev–Trinajstić information content (AvgIpc) is 3.88. The van der Waals surface area contributed by atoms with Gasteiger partial charge in [0.05, 0.1) is 5.41 Å². The number of fused-ring (bicyclic) bond motifs is 6. The van der Waals surface area contributed by atoms with Crippen LogP contribution in [0.15, 0.2) is 224 Å². The van der Waals surface area contributed by atoms with E-state index in [0.717, 1.165) is 22.1 Å². The molecule has 0 atom stereocenters. The van der Waals surface area contributed by atoms with Crippen LogP contribution in [0, 0.1) is 0 Å². The topological polar surface area (TPSA) is 38.7 Å². The first-order valence-corrected chi connectivity index (χ1v) is 21.8. The van der Waals surface area contributed by atoms with E-state index in [2.05, 4.69) is 188 Å². The Morgan fingerprint density at radius 1 is 0.306 bits per heavy atom. The van der Waals surface area contributed by atoms with Crippen molar-refractivity contribution in [3.63, 3.8) is 0 Å². The fourth-order valence-electron chi connectivity index (χ4n) is 9.60. The minimum absolute atomic E-state index is 0.435. The second-order valence-electron chi connectivity index (χ2n) is 15.9. The molecular weight excluding hydrogens is 771 g/mol. The summed E-state index contributed by atoms with van der Waals surface area (Å²) in [4.78, 5) is 15.2. The Morgan fingerprint density at radius 2 is 0.790 bits per heavy atom. The summed E-state index contributed by atoms with van der Waals surface area (Å²) >= 11 is 1.81. The quantitative estimate of drug-likeness (QED) is 0.161. The molecule has 0 aliphatic heterocycles. The molecule has 0 amide bonds. The highest BCUT2D eigenvalue weighted by Gasteiger charge is 2.46. The van der Waals surface area contributed by atoms with E-state index in [0.29, 0.717) is 17.5 Å². The largest absolute Gasteiger partial charge is 0.208 e. The first-order chi connectivity index (χ1) is 30.7. The molecule has 12 rings (SSSR count). The Balaban J connectivity index is 0.954. The maximum absolute atomic E-state index is 5.11. The molecule has 0 bridgehead atoms. The van der Waals surface area contributed by atoms with E-state index in [1.807, 2.05) is 36.4 Å². The van der Waals surface area contributed by atoms with Gasteiger partial charge in [0.2, 0.25) is 0 Å². The highest BCUT2D eigenvalue weighted by Crippen LogP contribution is 2.56. The van der Waals surface area contributed by atoms with Crippen molar-refractivity contribution >= 4 is 31.5 Å². The highest BCUT2D eigenvalue weighted by molar-refractivity contribution is 7.26. The molecule has 1 aliphatic rings. The van der Waals surface area contributed by atoms with Crippen molar-refractivity contribution in [1.29, 1.82) is 0 Å². The second kappa shape index (κ2) is 14.7. The zero-order chi connectivity index (χ0) is 41.0. The molecule has 2 heterocycles. The maximum atomic E-state index is 5.11. The Hall–Kier alpha value is -7.79. The Morgan fingerprint density at radius 3 is 1.42 bits per heavy atom. The van der Waals surface area contributed by atoms with Gasteiger partial charge in [0.1, 0.15) is 0 Å². The van der Waals surface area contributed by atoms with E-state index in [4.69, 9.17) is 15.0 Å². The molecule has 290 valence electrons. The van der Waals surface area contributed by atoms with E-state index < -0.39 is 5.41 Å². The van der Waals surface area contributed by atoms with Crippen LogP contribution >= 0.6 is 11.3 Å². The van der Waals surface area contributed by atoms with Crippen molar-refractivity contribution < 1.29 is 0 Å². The van der Waals surface area contributed by atoms with Gasteiger partial charge in [-0.3, -0.25) is 0 Å². The first kappa shape index (κ1) is 36.1. The third-order valence-corrected chi connectivity index (χ3v) is 13.6. The van der Waals surface area contributed by atoms with Crippen LogP contribution in [0.25, 0.3) is 87.7 Å². The van der Waals surface area contributed by atoms with Crippen LogP contribution in [0.1, 0.15) is 22.3 Å². The number of hydrogen-bond acceptors (Lipinski definition) is 4. The van der Waals surface area contributed by atoms with Crippen molar-refractivity contribution in [2.24, 2.45) is 0 Å². The molecule has 3 nitrogen and oxygen atoms in total. The molecule has 0 unspecified atom stereocenters. The Kier molecular flexibility index (Phi) is 8.58. The number of hydrogen-bond donors (Lipinski definition) is 0. The van der Waals surface area contributed by atoms with Crippen molar-refractivity contribution in [1.82, 2.24) is 15.0 Å². The van der Waals surface area contributed by atoms with Crippen LogP contribution in [0.5, 0.6) is 0 Å². The molecule has 1 aliphatic carbocycles. The van der Waals surface area contributed by atoms with E-state index in [-0.39, 0.29) is 0 Å². The molecule has 0 saturated carbocycles. The Bertz CT molecular complexity index is 3340. The lowest BCUT2D eigenvalue weighted by atomic mass is 9.67. The lowest BCUT2D eigenvalue weighted by molar-refractivity contribution is 0.769. The van der Waals surface area contributed by atoms with Crippen molar-refractivity contribution in [3.8, 4) is 67.5 Å². The molecule has 0 spiro atoms. The third-order valence-electron chi connectivity index (χ3n) is 12.4. The molecule has 4 heteroatoms. The minimum atomic E-state index is -0.435. The van der Waals surface area contributed by atoms with Crippen LogP contribution in [0.3, 0.4) is 0 Å². The smallest absolute Gasteiger partial charge is 0.164 e. The Labute approximate surface area is 364 Å². The predicted molar refractivity (Wildman–Crippen MR) is 257 cm³/mol. The van der Waals surface area contributed by atoms with E-state index >= 15 is 0 Å². The molecule has 62 heavy (non-hydrogen) atoms. The zero-order valence-electron chi connectivity index (χ0n) is 33.6. The second-order valence-corrected chi connectivity index (χ2v) is 17.0. The lowest BCUT2D eigenvalue weighted by Gasteiger charge is -2.34. The number of nitrogens with zero attached hydrogens (tertiary/aromatic N) is 3. The number of rotatable bonds is 7. The van der Waals surface area contributed by atoms with Crippen molar-refractivity contribution in [3.05, 3.63) is 247 Å². The van der Waals surface area contributed by atoms with Crippen LogP contribution < -0.4 is 0 Å². The number of benzene rings is 9. The summed E-state index contributed by atoms with van der Waals surface area (Å²) in [6, 6.07) is 80.7. The first-order valence-electron chi connectivity index (χ1n) is 21.0. The van der Waals surface area contributed by atoms with Gasteiger partial charge in [0.15, 0.2) is 17.5 Å². The molecule has 9 aromatic carbocycles. The van der Waals surface area contributed by atoms with E-state index in [1.54, 1.807) is 11.3 Å². The molecule has 2 aromatic heterocycles. The van der Waals surface area contributed by atoms with Crippen LogP contribution in [0.2, 0.25) is 0 Å². The van der Waals surface area contributed by atoms with Gasteiger partial charge in [0.25, 0.3) is 0 Å².